The predicted octanol–water partition coefficient (Wildman–Crippen LogP) is 6.67. The van der Waals surface area contributed by atoms with Crippen LogP contribution in [0.5, 0.6) is 0 Å². The molecule has 0 atom stereocenters. The van der Waals surface area contributed by atoms with Crippen molar-refractivity contribution in [2.45, 2.75) is 0 Å². The Bertz CT molecular complexity index is 1620. The van der Waals surface area contributed by atoms with Crippen molar-refractivity contribution in [1.82, 2.24) is 4.98 Å². The molecule has 3 N–H and O–H groups in total. The number of non-ortho nitro benzene ring substituents is 2. The number of nitrogens with zero attached hydrogens (tertiary/aromatic N) is 2. The third-order valence-electron chi connectivity index (χ3n) is 6.28. The Hall–Kier alpha value is -6.10. The number of H-pyrrole nitrogens is 1. The van der Waals surface area contributed by atoms with E-state index in [1.807, 2.05) is 60.7 Å². The van der Waals surface area contributed by atoms with Gasteiger partial charge in [0.1, 0.15) is 11.6 Å². The third kappa shape index (κ3) is 5.68. The molecule has 11 heteroatoms. The molecular weight excluding hydrogens is 526 g/mol. The van der Waals surface area contributed by atoms with Crippen LogP contribution in [-0.2, 0) is 0 Å². The summed E-state index contributed by atoms with van der Waals surface area (Å²) in [6.07, 6.45) is 0. The van der Waals surface area contributed by atoms with Crippen LogP contribution >= 0.6 is 0 Å². The number of hydrogen-bond donors (Lipinski definition) is 3. The van der Waals surface area contributed by atoms with E-state index >= 15 is 0 Å². The van der Waals surface area contributed by atoms with Crippen molar-refractivity contribution in [3.05, 3.63) is 141 Å². The van der Waals surface area contributed by atoms with Crippen molar-refractivity contribution in [2.24, 2.45) is 0 Å². The van der Waals surface area contributed by atoms with E-state index in [9.17, 15) is 29.8 Å². The van der Waals surface area contributed by atoms with E-state index < -0.39 is 21.7 Å². The largest absolute Gasteiger partial charge is 0.327 e. The van der Waals surface area contributed by atoms with E-state index in [-0.39, 0.29) is 34.1 Å². The van der Waals surface area contributed by atoms with Gasteiger partial charge in [-0.2, -0.15) is 0 Å². The third-order valence-corrected chi connectivity index (χ3v) is 6.28. The normalized spacial score (nSPS) is 10.5. The van der Waals surface area contributed by atoms with E-state index in [1.54, 1.807) is 0 Å². The van der Waals surface area contributed by atoms with Gasteiger partial charge in [-0.05, 0) is 35.4 Å². The molecule has 5 rings (SSSR count). The molecule has 0 saturated carbocycles. The Morgan fingerprint density at radius 2 is 0.878 bits per heavy atom. The van der Waals surface area contributed by atoms with Gasteiger partial charge < -0.3 is 15.6 Å². The average molecular weight is 548 g/mol. The number of hydrogen-bond acceptors (Lipinski definition) is 6. The number of aromatic nitrogens is 1. The Labute approximate surface area is 232 Å². The highest BCUT2D eigenvalue weighted by molar-refractivity contribution is 6.12. The van der Waals surface area contributed by atoms with Gasteiger partial charge >= 0.3 is 0 Å². The molecule has 1 heterocycles. The van der Waals surface area contributed by atoms with Crippen LogP contribution in [0.4, 0.5) is 23.0 Å². The number of nitrogens with one attached hydrogen (secondary N) is 3. The van der Waals surface area contributed by atoms with Gasteiger partial charge in [0.25, 0.3) is 23.2 Å². The number of rotatable bonds is 8. The van der Waals surface area contributed by atoms with E-state index in [4.69, 9.17) is 0 Å². The van der Waals surface area contributed by atoms with E-state index in [0.717, 1.165) is 11.1 Å². The van der Waals surface area contributed by atoms with Crippen LogP contribution in [0, 0.1) is 20.2 Å². The molecule has 11 nitrogen and oxygen atoms in total. The summed E-state index contributed by atoms with van der Waals surface area (Å²) in [7, 11) is 0. The second kappa shape index (κ2) is 11.3. The van der Waals surface area contributed by atoms with Crippen molar-refractivity contribution in [2.75, 3.05) is 10.6 Å². The summed E-state index contributed by atoms with van der Waals surface area (Å²) in [5, 5.41) is 27.7. The lowest BCUT2D eigenvalue weighted by molar-refractivity contribution is -0.385. The molecular formula is C30H21N5O6. The quantitative estimate of drug-likeness (QED) is 0.145. The second-order valence-electron chi connectivity index (χ2n) is 8.87. The maximum absolute atomic E-state index is 13.2. The molecule has 4 aromatic carbocycles. The number of benzene rings is 4. The molecule has 0 aliphatic carbocycles. The summed E-state index contributed by atoms with van der Waals surface area (Å²) < 4.78 is 0. The Balaban J connectivity index is 1.59. The molecule has 5 aromatic rings. The van der Waals surface area contributed by atoms with Crippen LogP contribution in [0.2, 0.25) is 0 Å². The first kappa shape index (κ1) is 26.5. The van der Waals surface area contributed by atoms with Crippen molar-refractivity contribution in [3.8, 4) is 22.3 Å². The standard InChI is InChI=1S/C30H21N5O6/c36-29(21-11-15-23(16-12-21)34(38)39)32-27-25(19-7-3-1-4-8-19)26(20-9-5-2-6-10-20)28(31-27)33-30(37)22-13-17-24(18-14-22)35(40)41/h1-18,31H,(H,32,36)(H,33,37). The monoisotopic (exact) mass is 547 g/mol. The summed E-state index contributed by atoms with van der Waals surface area (Å²) in [5.74, 6) is -0.466. The van der Waals surface area contributed by atoms with Gasteiger partial charge in [0, 0.05) is 46.5 Å². The predicted molar refractivity (Wildman–Crippen MR) is 154 cm³/mol. The van der Waals surface area contributed by atoms with Crippen LogP contribution in [0.1, 0.15) is 20.7 Å². The zero-order valence-corrected chi connectivity index (χ0v) is 21.2. The fourth-order valence-electron chi connectivity index (χ4n) is 4.31. The maximum atomic E-state index is 13.2. The SMILES string of the molecule is O=C(Nc1[nH]c(NC(=O)c2ccc([N+](=O)[O-])cc2)c(-c2ccccc2)c1-c1ccccc1)c1ccc([N+](=O)[O-])cc1. The molecule has 0 aliphatic rings. The first-order valence-corrected chi connectivity index (χ1v) is 12.3. The number of nitro groups is 2. The molecule has 0 unspecified atom stereocenters. The number of carbonyl (C=O) groups is 2. The zero-order valence-electron chi connectivity index (χ0n) is 21.2. The fraction of sp³-hybridized carbons (Fsp3) is 0. The molecule has 0 aliphatic heterocycles. The summed E-state index contributed by atoms with van der Waals surface area (Å²) >= 11 is 0. The van der Waals surface area contributed by atoms with E-state index in [1.165, 1.54) is 48.5 Å². The zero-order chi connectivity index (χ0) is 28.9. The highest BCUT2D eigenvalue weighted by Gasteiger charge is 2.24. The number of aromatic amines is 1. The van der Waals surface area contributed by atoms with Gasteiger partial charge in [-0.15, -0.1) is 0 Å². The van der Waals surface area contributed by atoms with Crippen LogP contribution < -0.4 is 10.6 Å². The highest BCUT2D eigenvalue weighted by atomic mass is 16.6. The van der Waals surface area contributed by atoms with E-state index in [2.05, 4.69) is 15.6 Å². The van der Waals surface area contributed by atoms with Crippen molar-refractivity contribution < 1.29 is 19.4 Å². The number of carbonyl (C=O) groups excluding carboxylic acids is 2. The van der Waals surface area contributed by atoms with Gasteiger partial charge in [-0.3, -0.25) is 29.8 Å². The summed E-state index contributed by atoms with van der Waals surface area (Å²) in [5.41, 5.74) is 2.80. The number of anilines is 2. The summed E-state index contributed by atoms with van der Waals surface area (Å²) in [6, 6.07) is 28.9. The first-order valence-electron chi connectivity index (χ1n) is 12.3. The molecule has 0 saturated heterocycles. The summed E-state index contributed by atoms with van der Waals surface area (Å²) in [4.78, 5) is 50.5. The van der Waals surface area contributed by atoms with Gasteiger partial charge in [-0.1, -0.05) is 60.7 Å². The minimum absolute atomic E-state index is 0.144. The number of amides is 2. The van der Waals surface area contributed by atoms with Crippen molar-refractivity contribution in [1.29, 1.82) is 0 Å². The lowest BCUT2D eigenvalue weighted by Crippen LogP contribution is -2.14. The minimum Gasteiger partial charge on any atom is -0.327 e. The molecule has 41 heavy (non-hydrogen) atoms. The topological polar surface area (TPSA) is 160 Å². The van der Waals surface area contributed by atoms with Gasteiger partial charge in [-0.25, -0.2) is 0 Å². The molecule has 0 radical (unpaired) electrons. The Morgan fingerprint density at radius 3 is 1.20 bits per heavy atom. The van der Waals surface area contributed by atoms with Crippen molar-refractivity contribution in [3.63, 3.8) is 0 Å². The lowest BCUT2D eigenvalue weighted by Gasteiger charge is -2.11. The van der Waals surface area contributed by atoms with E-state index in [0.29, 0.717) is 11.1 Å². The molecule has 0 bridgehead atoms. The van der Waals surface area contributed by atoms with Crippen LogP contribution in [-0.4, -0.2) is 26.6 Å². The smallest absolute Gasteiger partial charge is 0.269 e. The molecule has 0 spiro atoms. The molecule has 0 fully saturated rings. The van der Waals surface area contributed by atoms with Crippen molar-refractivity contribution >= 4 is 34.8 Å². The first-order chi connectivity index (χ1) is 19.8. The Kier molecular flexibility index (Phi) is 7.33. The molecule has 202 valence electrons. The second-order valence-corrected chi connectivity index (χ2v) is 8.87. The lowest BCUT2D eigenvalue weighted by atomic mass is 9.97. The average Bonchev–Trinajstić information content (AvgIpc) is 3.35. The minimum atomic E-state index is -0.549. The van der Waals surface area contributed by atoms with Gasteiger partial charge in [0.05, 0.1) is 9.85 Å². The highest BCUT2D eigenvalue weighted by Crippen LogP contribution is 2.43. The summed E-state index contributed by atoms with van der Waals surface area (Å²) in [6.45, 7) is 0. The van der Waals surface area contributed by atoms with Gasteiger partial charge in [0.2, 0.25) is 0 Å². The molecule has 1 aromatic heterocycles. The van der Waals surface area contributed by atoms with Crippen LogP contribution in [0.15, 0.2) is 109 Å². The fourth-order valence-corrected chi connectivity index (χ4v) is 4.31. The maximum Gasteiger partial charge on any atom is 0.269 e. The number of nitro benzene ring substituents is 2. The van der Waals surface area contributed by atoms with Crippen LogP contribution in [0.25, 0.3) is 22.3 Å². The molecule has 2 amide bonds. The van der Waals surface area contributed by atoms with Gasteiger partial charge in [0.15, 0.2) is 0 Å². The Morgan fingerprint density at radius 1 is 0.537 bits per heavy atom. The van der Waals surface area contributed by atoms with Crippen LogP contribution in [0.3, 0.4) is 0 Å².